The Morgan fingerprint density at radius 1 is 1.40 bits per heavy atom. The summed E-state index contributed by atoms with van der Waals surface area (Å²) in [5.41, 5.74) is 3.70. The van der Waals surface area contributed by atoms with Crippen LogP contribution in [0.1, 0.15) is 31.4 Å². The van der Waals surface area contributed by atoms with E-state index in [0.717, 1.165) is 18.6 Å². The smallest absolute Gasteiger partial charge is 0.0649 e. The second-order valence-electron chi connectivity index (χ2n) is 4.38. The number of fused-ring (bicyclic) bond motifs is 1. The van der Waals surface area contributed by atoms with E-state index in [1.807, 2.05) is 0 Å². The fourth-order valence-electron chi connectivity index (χ4n) is 2.10. The summed E-state index contributed by atoms with van der Waals surface area (Å²) in [5.74, 6) is 0.507. The zero-order valence-corrected chi connectivity index (χ0v) is 10.0. The molecule has 0 amide bonds. The topological polar surface area (TPSA) is 12.4 Å². The van der Waals surface area contributed by atoms with Crippen molar-refractivity contribution in [2.45, 2.75) is 32.2 Å². The molecule has 1 nitrogen and oxygen atoms in total. The van der Waals surface area contributed by atoms with Crippen LogP contribution in [0, 0.1) is 0 Å². The predicted molar refractivity (Wildman–Crippen MR) is 66.1 cm³/mol. The molecule has 0 aliphatic carbocycles. The molecule has 2 rings (SSSR count). The minimum atomic E-state index is 0.0403. The molecule has 1 aliphatic heterocycles. The van der Waals surface area contributed by atoms with Gasteiger partial charge < -0.3 is 0 Å². The van der Waals surface area contributed by atoms with Gasteiger partial charge in [0, 0.05) is 5.56 Å². The highest BCUT2D eigenvalue weighted by Crippen LogP contribution is 2.29. The number of aliphatic imine (C=N–C) groups is 1. The average molecular weight is 222 g/mol. The highest BCUT2D eigenvalue weighted by molar-refractivity contribution is 6.32. The highest BCUT2D eigenvalue weighted by atomic mass is 35.5. The van der Waals surface area contributed by atoms with E-state index in [4.69, 9.17) is 16.6 Å². The zero-order valence-electron chi connectivity index (χ0n) is 9.26. The molecule has 0 N–H and O–H groups in total. The van der Waals surface area contributed by atoms with Crippen molar-refractivity contribution in [3.63, 3.8) is 0 Å². The molecule has 0 spiro atoms. The molecular formula is C13H16ClN. The molecular weight excluding hydrogens is 206 g/mol. The van der Waals surface area contributed by atoms with Crippen LogP contribution in [0.25, 0.3) is 0 Å². The lowest BCUT2D eigenvalue weighted by atomic mass is 9.84. The van der Waals surface area contributed by atoms with Crippen LogP contribution >= 0.6 is 11.6 Å². The minimum absolute atomic E-state index is 0.0403. The normalized spacial score (nSPS) is 24.6. The van der Waals surface area contributed by atoms with Crippen molar-refractivity contribution in [2.24, 2.45) is 4.99 Å². The molecule has 0 fully saturated rings. The number of hydrogen-bond acceptors (Lipinski definition) is 1. The van der Waals surface area contributed by atoms with Crippen LogP contribution in [0.5, 0.6) is 0 Å². The summed E-state index contributed by atoms with van der Waals surface area (Å²) < 4.78 is 0. The molecule has 0 saturated carbocycles. The van der Waals surface area contributed by atoms with Crippen molar-refractivity contribution in [1.82, 2.24) is 0 Å². The van der Waals surface area contributed by atoms with Crippen molar-refractivity contribution in [1.29, 1.82) is 0 Å². The van der Waals surface area contributed by atoms with E-state index in [-0.39, 0.29) is 5.54 Å². The molecule has 0 radical (unpaired) electrons. The Balaban J connectivity index is 2.50. The number of benzene rings is 1. The summed E-state index contributed by atoms with van der Waals surface area (Å²) in [6, 6.07) is 8.44. The molecule has 2 heteroatoms. The fourth-order valence-corrected chi connectivity index (χ4v) is 2.30. The molecule has 0 saturated heterocycles. The second-order valence-corrected chi connectivity index (χ2v) is 4.64. The molecule has 1 aromatic carbocycles. The molecule has 1 unspecified atom stereocenters. The maximum Gasteiger partial charge on any atom is 0.0649 e. The van der Waals surface area contributed by atoms with Gasteiger partial charge in [0.2, 0.25) is 0 Å². The van der Waals surface area contributed by atoms with Crippen molar-refractivity contribution < 1.29 is 0 Å². The van der Waals surface area contributed by atoms with Gasteiger partial charge in [-0.25, -0.2) is 0 Å². The summed E-state index contributed by atoms with van der Waals surface area (Å²) in [5, 5.41) is 0. The number of nitrogens with zero attached hydrogens (tertiary/aromatic N) is 1. The molecule has 15 heavy (non-hydrogen) atoms. The van der Waals surface area contributed by atoms with E-state index in [1.54, 1.807) is 0 Å². The van der Waals surface area contributed by atoms with Crippen molar-refractivity contribution >= 4 is 17.3 Å². The van der Waals surface area contributed by atoms with Crippen LogP contribution in [0.2, 0.25) is 0 Å². The molecule has 1 aromatic rings. The van der Waals surface area contributed by atoms with Crippen LogP contribution in [0.4, 0.5) is 0 Å². The summed E-state index contributed by atoms with van der Waals surface area (Å²) in [6.07, 6.45) is 2.09. The first-order valence-corrected chi connectivity index (χ1v) is 5.95. The summed E-state index contributed by atoms with van der Waals surface area (Å²) >= 11 is 5.96. The van der Waals surface area contributed by atoms with Crippen LogP contribution in [-0.4, -0.2) is 17.1 Å². The van der Waals surface area contributed by atoms with E-state index in [1.165, 1.54) is 11.1 Å². The summed E-state index contributed by atoms with van der Waals surface area (Å²) in [6.45, 7) is 4.39. The highest BCUT2D eigenvalue weighted by Gasteiger charge is 2.28. The fraction of sp³-hybridized carbons (Fsp3) is 0.462. The average Bonchev–Trinajstić information content (AvgIpc) is 2.28. The number of rotatable bonds is 2. The van der Waals surface area contributed by atoms with Gasteiger partial charge in [-0.05, 0) is 25.3 Å². The third-order valence-electron chi connectivity index (χ3n) is 3.19. The Kier molecular flexibility index (Phi) is 2.83. The Morgan fingerprint density at radius 2 is 2.13 bits per heavy atom. The van der Waals surface area contributed by atoms with Crippen LogP contribution < -0.4 is 0 Å². The summed E-state index contributed by atoms with van der Waals surface area (Å²) in [7, 11) is 0. The molecule has 0 bridgehead atoms. The standard InChI is InChI=1S/C13H16ClN/c1-3-13(2)8-10-6-4-5-7-11(10)12(9-14)15-13/h4-7H,3,8-9H2,1-2H3. The number of alkyl halides is 1. The van der Waals surface area contributed by atoms with Gasteiger partial charge in [0.05, 0.1) is 17.1 Å². The molecule has 1 atom stereocenters. The second kappa shape index (κ2) is 3.97. The largest absolute Gasteiger partial charge is 0.281 e. The monoisotopic (exact) mass is 221 g/mol. The Labute approximate surface area is 96.2 Å². The predicted octanol–water partition coefficient (Wildman–Crippen LogP) is 3.44. The van der Waals surface area contributed by atoms with Crippen LogP contribution in [0.3, 0.4) is 0 Å². The third kappa shape index (κ3) is 1.93. The van der Waals surface area contributed by atoms with Gasteiger partial charge in [-0.15, -0.1) is 11.6 Å². The zero-order chi connectivity index (χ0) is 10.9. The van der Waals surface area contributed by atoms with Gasteiger partial charge in [0.1, 0.15) is 0 Å². The third-order valence-corrected chi connectivity index (χ3v) is 3.45. The Morgan fingerprint density at radius 3 is 2.80 bits per heavy atom. The van der Waals surface area contributed by atoms with E-state index in [0.29, 0.717) is 5.88 Å². The van der Waals surface area contributed by atoms with Crippen molar-refractivity contribution in [3.05, 3.63) is 35.4 Å². The minimum Gasteiger partial charge on any atom is -0.281 e. The Bertz CT molecular complexity index is 397. The van der Waals surface area contributed by atoms with Gasteiger partial charge in [0.15, 0.2) is 0 Å². The molecule has 80 valence electrons. The van der Waals surface area contributed by atoms with Gasteiger partial charge in [0.25, 0.3) is 0 Å². The van der Waals surface area contributed by atoms with Crippen LogP contribution in [-0.2, 0) is 6.42 Å². The quantitative estimate of drug-likeness (QED) is 0.679. The lowest BCUT2D eigenvalue weighted by molar-refractivity contribution is 0.448. The van der Waals surface area contributed by atoms with Crippen LogP contribution in [0.15, 0.2) is 29.3 Å². The molecule has 1 heterocycles. The molecule has 1 aliphatic rings. The number of hydrogen-bond donors (Lipinski definition) is 0. The van der Waals surface area contributed by atoms with E-state index in [2.05, 4.69) is 38.1 Å². The first-order valence-electron chi connectivity index (χ1n) is 5.41. The van der Waals surface area contributed by atoms with Gasteiger partial charge >= 0.3 is 0 Å². The van der Waals surface area contributed by atoms with Gasteiger partial charge in [-0.1, -0.05) is 31.2 Å². The first kappa shape index (κ1) is 10.7. The van der Waals surface area contributed by atoms with Gasteiger partial charge in [-0.3, -0.25) is 4.99 Å². The van der Waals surface area contributed by atoms with Gasteiger partial charge in [-0.2, -0.15) is 0 Å². The van der Waals surface area contributed by atoms with E-state index < -0.39 is 0 Å². The number of halogens is 1. The Hall–Kier alpha value is -0.820. The van der Waals surface area contributed by atoms with E-state index >= 15 is 0 Å². The SMILES string of the molecule is CCC1(C)Cc2ccccc2C(CCl)=N1. The lowest BCUT2D eigenvalue weighted by Gasteiger charge is -2.31. The maximum atomic E-state index is 5.96. The van der Waals surface area contributed by atoms with E-state index in [9.17, 15) is 0 Å². The van der Waals surface area contributed by atoms with Crippen molar-refractivity contribution in [3.8, 4) is 0 Å². The lowest BCUT2D eigenvalue weighted by Crippen LogP contribution is -2.32. The maximum absolute atomic E-state index is 5.96. The van der Waals surface area contributed by atoms with Crippen molar-refractivity contribution in [2.75, 3.05) is 5.88 Å². The molecule has 0 aromatic heterocycles. The summed E-state index contributed by atoms with van der Waals surface area (Å²) in [4.78, 5) is 4.78. The first-order chi connectivity index (χ1) is 7.18.